The van der Waals surface area contributed by atoms with Crippen molar-refractivity contribution >= 4 is 17.3 Å². The molecule has 0 fully saturated rings. The number of nitrogens with zero attached hydrogens (tertiary/aromatic N) is 1. The van der Waals surface area contributed by atoms with E-state index in [1.165, 1.54) is 16.8 Å². The van der Waals surface area contributed by atoms with Gasteiger partial charge in [-0.25, -0.2) is 0 Å². The van der Waals surface area contributed by atoms with Gasteiger partial charge in [0.25, 0.3) is 0 Å². The van der Waals surface area contributed by atoms with Gasteiger partial charge in [-0.1, -0.05) is 54.1 Å². The highest BCUT2D eigenvalue weighted by Crippen LogP contribution is 2.35. The molecule has 0 unspecified atom stereocenters. The minimum Gasteiger partial charge on any atom is -0.272 e. The van der Waals surface area contributed by atoms with Gasteiger partial charge in [-0.05, 0) is 23.3 Å². The van der Waals surface area contributed by atoms with Crippen LogP contribution in [0.2, 0.25) is 5.02 Å². The second kappa shape index (κ2) is 3.76. The van der Waals surface area contributed by atoms with Crippen LogP contribution in [0, 0.1) is 0 Å². The standard InChI is InChI=1S/C14H10ClN/c15-12-8-6-11(7-9-12)14-13(16-14)10-4-2-1-3-5-10/h1-9,14H/t14-/m1/s1. The highest BCUT2D eigenvalue weighted by molar-refractivity contribution is 6.30. The summed E-state index contributed by atoms with van der Waals surface area (Å²) in [7, 11) is 0. The van der Waals surface area contributed by atoms with Crippen molar-refractivity contribution in [2.45, 2.75) is 6.04 Å². The van der Waals surface area contributed by atoms with Crippen LogP contribution in [0.1, 0.15) is 17.2 Å². The molecule has 2 aromatic rings. The maximum absolute atomic E-state index is 5.85. The molecule has 0 aromatic heterocycles. The number of hydrogen-bond acceptors (Lipinski definition) is 1. The van der Waals surface area contributed by atoms with Crippen molar-refractivity contribution in [3.63, 3.8) is 0 Å². The van der Waals surface area contributed by atoms with Crippen molar-refractivity contribution in [3.8, 4) is 0 Å². The number of halogens is 1. The van der Waals surface area contributed by atoms with E-state index in [4.69, 9.17) is 11.6 Å². The van der Waals surface area contributed by atoms with Crippen LogP contribution in [0.15, 0.2) is 59.6 Å². The number of rotatable bonds is 2. The maximum Gasteiger partial charge on any atom is 0.118 e. The average Bonchev–Trinajstić information content (AvgIpc) is 3.11. The Bertz CT molecular complexity index is 528. The molecular weight excluding hydrogens is 218 g/mol. The van der Waals surface area contributed by atoms with Crippen LogP contribution in [0.4, 0.5) is 0 Å². The third kappa shape index (κ3) is 1.74. The number of hydrogen-bond donors (Lipinski definition) is 0. The second-order valence-electron chi connectivity index (χ2n) is 3.83. The summed E-state index contributed by atoms with van der Waals surface area (Å²) in [4.78, 5) is 4.50. The van der Waals surface area contributed by atoms with Crippen molar-refractivity contribution in [2.75, 3.05) is 0 Å². The molecule has 1 heterocycles. The van der Waals surface area contributed by atoms with Gasteiger partial charge in [0.05, 0.1) is 5.71 Å². The Balaban J connectivity index is 1.81. The first kappa shape index (κ1) is 9.61. The van der Waals surface area contributed by atoms with E-state index < -0.39 is 0 Å². The lowest BCUT2D eigenvalue weighted by Gasteiger charge is -1.98. The zero-order chi connectivity index (χ0) is 11.0. The first-order chi connectivity index (χ1) is 7.84. The molecule has 0 bridgehead atoms. The highest BCUT2D eigenvalue weighted by Gasteiger charge is 2.29. The molecule has 2 aromatic carbocycles. The summed E-state index contributed by atoms with van der Waals surface area (Å²) in [5, 5.41) is 0.769. The second-order valence-corrected chi connectivity index (χ2v) is 4.27. The third-order valence-corrected chi connectivity index (χ3v) is 2.97. The zero-order valence-electron chi connectivity index (χ0n) is 8.60. The molecule has 0 radical (unpaired) electrons. The summed E-state index contributed by atoms with van der Waals surface area (Å²) in [5.41, 5.74) is 3.59. The molecule has 1 nitrogen and oxygen atoms in total. The molecule has 0 saturated carbocycles. The molecule has 78 valence electrons. The molecule has 1 atom stereocenters. The third-order valence-electron chi connectivity index (χ3n) is 2.71. The zero-order valence-corrected chi connectivity index (χ0v) is 9.35. The van der Waals surface area contributed by atoms with E-state index in [9.17, 15) is 0 Å². The Labute approximate surface area is 99.4 Å². The predicted molar refractivity (Wildman–Crippen MR) is 67.2 cm³/mol. The normalized spacial score (nSPS) is 18.1. The molecule has 0 aliphatic carbocycles. The summed E-state index contributed by atoms with van der Waals surface area (Å²) < 4.78 is 0. The fourth-order valence-corrected chi connectivity index (χ4v) is 1.95. The summed E-state index contributed by atoms with van der Waals surface area (Å²) >= 11 is 5.85. The summed E-state index contributed by atoms with van der Waals surface area (Å²) in [6, 6.07) is 18.4. The van der Waals surface area contributed by atoms with Gasteiger partial charge in [-0.3, -0.25) is 4.99 Å². The van der Waals surface area contributed by atoms with Crippen molar-refractivity contribution in [3.05, 3.63) is 70.7 Å². The Morgan fingerprint density at radius 3 is 2.25 bits per heavy atom. The minimum atomic E-state index is 0.236. The summed E-state index contributed by atoms with van der Waals surface area (Å²) in [5.74, 6) is 0. The Morgan fingerprint density at radius 1 is 0.875 bits per heavy atom. The van der Waals surface area contributed by atoms with Crippen molar-refractivity contribution in [1.29, 1.82) is 0 Å². The topological polar surface area (TPSA) is 12.4 Å². The number of aliphatic imine (C=N–C) groups is 1. The molecule has 0 amide bonds. The quantitative estimate of drug-likeness (QED) is 0.738. The van der Waals surface area contributed by atoms with Crippen molar-refractivity contribution in [2.24, 2.45) is 4.99 Å². The maximum atomic E-state index is 5.85. The summed E-state index contributed by atoms with van der Waals surface area (Å²) in [6.07, 6.45) is 0. The molecule has 2 heteroatoms. The molecule has 0 N–H and O–H groups in total. The summed E-state index contributed by atoms with van der Waals surface area (Å²) in [6.45, 7) is 0. The van der Waals surface area contributed by atoms with Crippen LogP contribution >= 0.6 is 11.6 Å². The van der Waals surface area contributed by atoms with Gasteiger partial charge in [-0.2, -0.15) is 0 Å². The van der Waals surface area contributed by atoms with Gasteiger partial charge >= 0.3 is 0 Å². The molecule has 0 saturated heterocycles. The van der Waals surface area contributed by atoms with Crippen LogP contribution in [-0.4, -0.2) is 5.71 Å². The van der Waals surface area contributed by atoms with E-state index in [2.05, 4.69) is 17.1 Å². The van der Waals surface area contributed by atoms with Crippen LogP contribution in [0.5, 0.6) is 0 Å². The van der Waals surface area contributed by atoms with E-state index >= 15 is 0 Å². The molecular formula is C14H10ClN. The first-order valence-electron chi connectivity index (χ1n) is 5.23. The predicted octanol–water partition coefficient (Wildman–Crippen LogP) is 3.88. The Morgan fingerprint density at radius 2 is 1.56 bits per heavy atom. The van der Waals surface area contributed by atoms with Crippen LogP contribution in [0.3, 0.4) is 0 Å². The van der Waals surface area contributed by atoms with Crippen LogP contribution in [-0.2, 0) is 0 Å². The molecule has 16 heavy (non-hydrogen) atoms. The lowest BCUT2D eigenvalue weighted by atomic mass is 10.0. The Kier molecular flexibility index (Phi) is 2.26. The molecule has 1 aliphatic rings. The number of benzene rings is 2. The molecule has 0 spiro atoms. The SMILES string of the molecule is Clc1ccc([C@H]2N=C2c2ccccc2)cc1. The fraction of sp³-hybridized carbons (Fsp3) is 0.0714. The lowest BCUT2D eigenvalue weighted by Crippen LogP contribution is -1.92. The first-order valence-corrected chi connectivity index (χ1v) is 5.61. The van der Waals surface area contributed by atoms with Gasteiger partial charge in [-0.15, -0.1) is 0 Å². The molecule has 1 aliphatic heterocycles. The highest BCUT2D eigenvalue weighted by atomic mass is 35.5. The smallest absolute Gasteiger partial charge is 0.118 e. The average molecular weight is 228 g/mol. The van der Waals surface area contributed by atoms with Gasteiger partial charge in [0.15, 0.2) is 0 Å². The van der Waals surface area contributed by atoms with Gasteiger partial charge in [0.1, 0.15) is 6.04 Å². The monoisotopic (exact) mass is 227 g/mol. The van der Waals surface area contributed by atoms with Gasteiger partial charge < -0.3 is 0 Å². The van der Waals surface area contributed by atoms with Crippen molar-refractivity contribution in [1.82, 2.24) is 0 Å². The van der Waals surface area contributed by atoms with Gasteiger partial charge in [0.2, 0.25) is 0 Å². The largest absolute Gasteiger partial charge is 0.272 e. The Hall–Kier alpha value is -1.60. The van der Waals surface area contributed by atoms with E-state index in [1.807, 2.05) is 42.5 Å². The van der Waals surface area contributed by atoms with E-state index in [0.717, 1.165) is 5.02 Å². The molecule has 3 rings (SSSR count). The van der Waals surface area contributed by atoms with E-state index in [1.54, 1.807) is 0 Å². The minimum absolute atomic E-state index is 0.236. The van der Waals surface area contributed by atoms with E-state index in [-0.39, 0.29) is 6.04 Å². The fourth-order valence-electron chi connectivity index (χ4n) is 1.82. The van der Waals surface area contributed by atoms with Crippen LogP contribution in [0.25, 0.3) is 0 Å². The lowest BCUT2D eigenvalue weighted by molar-refractivity contribution is 1.13. The van der Waals surface area contributed by atoms with Gasteiger partial charge in [0, 0.05) is 5.02 Å². The van der Waals surface area contributed by atoms with E-state index in [0.29, 0.717) is 0 Å². The van der Waals surface area contributed by atoms with Crippen molar-refractivity contribution < 1.29 is 0 Å². The van der Waals surface area contributed by atoms with Crippen LogP contribution < -0.4 is 0 Å².